The van der Waals surface area contributed by atoms with Crippen LogP contribution in [0.3, 0.4) is 0 Å². The molecule has 1 N–H and O–H groups in total. The molecule has 0 radical (unpaired) electrons. The first kappa shape index (κ1) is 20.5. The molecule has 1 unspecified atom stereocenters. The molecule has 3 aromatic rings. The number of para-hydroxylation sites is 2. The van der Waals surface area contributed by atoms with Crippen molar-refractivity contribution in [1.29, 1.82) is 0 Å². The van der Waals surface area contributed by atoms with Crippen molar-refractivity contribution in [2.45, 2.75) is 19.4 Å². The van der Waals surface area contributed by atoms with Gasteiger partial charge in [-0.05, 0) is 42.8 Å². The molecule has 3 rings (SSSR count). The number of ether oxygens (including phenoxy) is 2. The topological polar surface area (TPSA) is 60.5 Å². The summed E-state index contributed by atoms with van der Waals surface area (Å²) in [6.07, 6.45) is 1.58. The van der Waals surface area contributed by atoms with Gasteiger partial charge in [0.1, 0.15) is 0 Å². The van der Waals surface area contributed by atoms with Crippen molar-refractivity contribution in [3.8, 4) is 11.5 Å². The van der Waals surface area contributed by atoms with Gasteiger partial charge in [-0.15, -0.1) is 11.3 Å². The van der Waals surface area contributed by atoms with E-state index < -0.39 is 6.10 Å². The minimum absolute atomic E-state index is 0.299. The Hall–Kier alpha value is -2.28. The lowest BCUT2D eigenvalue weighted by atomic mass is 10.1. The lowest BCUT2D eigenvalue weighted by Gasteiger charge is -2.15. The second-order valence-corrected chi connectivity index (χ2v) is 7.90. The van der Waals surface area contributed by atoms with E-state index >= 15 is 0 Å². The Morgan fingerprint density at radius 2 is 1.96 bits per heavy atom. The number of nitrogens with zero attached hydrogens (tertiary/aromatic N) is 1. The van der Waals surface area contributed by atoms with E-state index in [0.29, 0.717) is 33.1 Å². The molecule has 2 aromatic carbocycles. The number of benzene rings is 2. The van der Waals surface area contributed by atoms with Gasteiger partial charge in [0.25, 0.3) is 5.91 Å². The van der Waals surface area contributed by atoms with Crippen LogP contribution in [0.15, 0.2) is 48.7 Å². The Morgan fingerprint density at radius 1 is 1.21 bits per heavy atom. The van der Waals surface area contributed by atoms with E-state index in [1.165, 1.54) is 11.3 Å². The van der Waals surface area contributed by atoms with Crippen LogP contribution in [0.25, 0.3) is 0 Å². The molecule has 146 valence electrons. The Bertz CT molecular complexity index is 978. The van der Waals surface area contributed by atoms with Gasteiger partial charge in [0.15, 0.2) is 22.7 Å². The fourth-order valence-corrected chi connectivity index (χ4v) is 3.70. The number of hydrogen-bond donors (Lipinski definition) is 1. The standard InChI is InChI=1S/C20H18Cl2N2O3S/c1-12(27-18-6-4-3-5-17(18)26-2)19(25)24-20-23-11-15(28-20)10-13-9-14(21)7-8-16(13)22/h3-9,11-12H,10H2,1-2H3,(H,23,24,25). The van der Waals surface area contributed by atoms with E-state index in [4.69, 9.17) is 32.7 Å². The van der Waals surface area contributed by atoms with Crippen LogP contribution in [0.1, 0.15) is 17.4 Å². The molecule has 8 heteroatoms. The summed E-state index contributed by atoms with van der Waals surface area (Å²) >= 11 is 13.6. The van der Waals surface area contributed by atoms with Gasteiger partial charge in [-0.3, -0.25) is 10.1 Å². The molecule has 0 spiro atoms. The van der Waals surface area contributed by atoms with E-state index in [2.05, 4.69) is 10.3 Å². The lowest BCUT2D eigenvalue weighted by molar-refractivity contribution is -0.122. The SMILES string of the molecule is COc1ccccc1OC(C)C(=O)Nc1ncc(Cc2cc(Cl)ccc2Cl)s1. The zero-order chi connectivity index (χ0) is 20.1. The number of anilines is 1. The van der Waals surface area contributed by atoms with Gasteiger partial charge in [0.05, 0.1) is 7.11 Å². The predicted octanol–water partition coefficient (Wildman–Crippen LogP) is 5.46. The predicted molar refractivity (Wildman–Crippen MR) is 113 cm³/mol. The van der Waals surface area contributed by atoms with Crippen LogP contribution in [-0.4, -0.2) is 24.1 Å². The molecule has 1 atom stereocenters. The zero-order valence-electron chi connectivity index (χ0n) is 15.2. The van der Waals surface area contributed by atoms with Crippen LogP contribution in [0, 0.1) is 0 Å². The number of rotatable bonds is 7. The second-order valence-electron chi connectivity index (χ2n) is 5.94. The van der Waals surface area contributed by atoms with Gasteiger partial charge < -0.3 is 9.47 Å². The van der Waals surface area contributed by atoms with E-state index in [0.717, 1.165) is 10.4 Å². The normalized spacial score (nSPS) is 11.7. The van der Waals surface area contributed by atoms with Gasteiger partial charge in [0, 0.05) is 27.5 Å². The maximum atomic E-state index is 12.4. The molecule has 0 saturated heterocycles. The van der Waals surface area contributed by atoms with Crippen LogP contribution in [-0.2, 0) is 11.2 Å². The first-order valence-electron chi connectivity index (χ1n) is 8.45. The van der Waals surface area contributed by atoms with Gasteiger partial charge in [-0.1, -0.05) is 35.3 Å². The van der Waals surface area contributed by atoms with Crippen LogP contribution < -0.4 is 14.8 Å². The largest absolute Gasteiger partial charge is 0.493 e. The fourth-order valence-electron chi connectivity index (χ4n) is 2.48. The molecule has 1 aromatic heterocycles. The number of halogens is 2. The van der Waals surface area contributed by atoms with Gasteiger partial charge >= 0.3 is 0 Å². The molecule has 28 heavy (non-hydrogen) atoms. The molecule has 5 nitrogen and oxygen atoms in total. The number of carbonyl (C=O) groups excluding carboxylic acids is 1. The molecule has 1 amide bonds. The first-order chi connectivity index (χ1) is 13.5. The summed E-state index contributed by atoms with van der Waals surface area (Å²) in [6.45, 7) is 1.67. The smallest absolute Gasteiger partial charge is 0.266 e. The number of methoxy groups -OCH3 is 1. The van der Waals surface area contributed by atoms with Crippen molar-refractivity contribution in [3.63, 3.8) is 0 Å². The van der Waals surface area contributed by atoms with Crippen molar-refractivity contribution in [2.75, 3.05) is 12.4 Å². The van der Waals surface area contributed by atoms with Crippen molar-refractivity contribution in [1.82, 2.24) is 4.98 Å². The number of aromatic nitrogens is 1. The first-order valence-corrected chi connectivity index (χ1v) is 10.0. The minimum Gasteiger partial charge on any atom is -0.493 e. The summed E-state index contributed by atoms with van der Waals surface area (Å²) in [4.78, 5) is 17.6. The summed E-state index contributed by atoms with van der Waals surface area (Å²) in [6, 6.07) is 12.5. The highest BCUT2D eigenvalue weighted by Crippen LogP contribution is 2.28. The lowest BCUT2D eigenvalue weighted by Crippen LogP contribution is -2.30. The summed E-state index contributed by atoms with van der Waals surface area (Å²) in [5.41, 5.74) is 0.906. The fraction of sp³-hybridized carbons (Fsp3) is 0.200. The van der Waals surface area contributed by atoms with E-state index in [9.17, 15) is 4.79 Å². The van der Waals surface area contributed by atoms with E-state index in [-0.39, 0.29) is 5.91 Å². The highest BCUT2D eigenvalue weighted by molar-refractivity contribution is 7.15. The molecule has 0 aliphatic rings. The molecule has 0 fully saturated rings. The number of amides is 1. The number of hydrogen-bond acceptors (Lipinski definition) is 5. The van der Waals surface area contributed by atoms with Gasteiger partial charge in [-0.25, -0.2) is 4.98 Å². The molecule has 0 saturated carbocycles. The molecule has 1 heterocycles. The van der Waals surface area contributed by atoms with Crippen molar-refractivity contribution in [3.05, 3.63) is 69.1 Å². The number of carbonyl (C=O) groups is 1. The quantitative estimate of drug-likeness (QED) is 0.534. The minimum atomic E-state index is -0.717. The number of thiazole rings is 1. The third-order valence-corrected chi connectivity index (χ3v) is 5.41. The van der Waals surface area contributed by atoms with Crippen molar-refractivity contribution in [2.24, 2.45) is 0 Å². The molecule has 0 aliphatic heterocycles. The summed E-state index contributed by atoms with van der Waals surface area (Å²) in [5, 5.41) is 4.54. The Kier molecular flexibility index (Phi) is 6.78. The van der Waals surface area contributed by atoms with E-state index in [1.807, 2.05) is 18.2 Å². The molecule has 0 bridgehead atoms. The summed E-state index contributed by atoms with van der Waals surface area (Å²) < 4.78 is 10.9. The third kappa shape index (κ3) is 5.16. The molecular weight excluding hydrogens is 419 g/mol. The summed E-state index contributed by atoms with van der Waals surface area (Å²) in [7, 11) is 1.55. The van der Waals surface area contributed by atoms with Gasteiger partial charge in [0.2, 0.25) is 0 Å². The second kappa shape index (κ2) is 9.28. The Labute approximate surface area is 177 Å². The average molecular weight is 437 g/mol. The van der Waals surface area contributed by atoms with Crippen LogP contribution >= 0.6 is 34.5 Å². The van der Waals surface area contributed by atoms with Crippen LogP contribution in [0.2, 0.25) is 10.0 Å². The maximum Gasteiger partial charge on any atom is 0.266 e. The third-order valence-electron chi connectivity index (χ3n) is 3.90. The van der Waals surface area contributed by atoms with Crippen LogP contribution in [0.5, 0.6) is 11.5 Å². The summed E-state index contributed by atoms with van der Waals surface area (Å²) in [5.74, 6) is 0.771. The monoisotopic (exact) mass is 436 g/mol. The Balaban J connectivity index is 1.62. The number of nitrogens with one attached hydrogen (secondary N) is 1. The van der Waals surface area contributed by atoms with E-state index in [1.54, 1.807) is 44.5 Å². The highest BCUT2D eigenvalue weighted by Gasteiger charge is 2.18. The van der Waals surface area contributed by atoms with Crippen molar-refractivity contribution < 1.29 is 14.3 Å². The molecule has 0 aliphatic carbocycles. The van der Waals surface area contributed by atoms with Crippen LogP contribution in [0.4, 0.5) is 5.13 Å². The highest BCUT2D eigenvalue weighted by atomic mass is 35.5. The van der Waals surface area contributed by atoms with Crippen molar-refractivity contribution >= 4 is 45.6 Å². The Morgan fingerprint density at radius 3 is 2.71 bits per heavy atom. The van der Waals surface area contributed by atoms with Gasteiger partial charge in [-0.2, -0.15) is 0 Å². The average Bonchev–Trinajstić information content (AvgIpc) is 3.12. The molecular formula is C20H18Cl2N2O3S. The maximum absolute atomic E-state index is 12.4. The zero-order valence-corrected chi connectivity index (χ0v) is 17.6.